The van der Waals surface area contributed by atoms with Crippen LogP contribution in [0, 0.1) is 0 Å². The lowest BCUT2D eigenvalue weighted by molar-refractivity contribution is 0.638. The molecule has 0 bridgehead atoms. The summed E-state index contributed by atoms with van der Waals surface area (Å²) in [6.07, 6.45) is 0. The van der Waals surface area contributed by atoms with Gasteiger partial charge in [0, 0.05) is 60.7 Å². The molecule has 105 heavy (non-hydrogen) atoms. The molecule has 4 nitrogen and oxygen atoms in total. The number of rotatable bonds is 15. The number of hydrogen-bond acceptors (Lipinski definition) is 4. The van der Waals surface area contributed by atoms with E-state index in [2.05, 4.69) is 406 Å². The Balaban J connectivity index is 0.767. The highest BCUT2D eigenvalue weighted by atomic mass is 16.3. The first kappa shape index (κ1) is 62.5. The molecule has 0 unspecified atom stereocenters. The number of hydrogen-bond donors (Lipinski definition) is 0. The summed E-state index contributed by atoms with van der Waals surface area (Å²) in [5.74, 6) is 0.0693. The minimum atomic E-state index is 0.0693. The first-order valence-electron chi connectivity index (χ1n) is 36.2. The summed E-state index contributed by atoms with van der Waals surface area (Å²) in [6.45, 7) is 4.50. The Bertz CT molecular complexity index is 5810. The van der Waals surface area contributed by atoms with E-state index in [4.69, 9.17) is 8.83 Å². The van der Waals surface area contributed by atoms with Gasteiger partial charge in [0.2, 0.25) is 0 Å². The standard InChI is InChI=1S/C101H70N2O2/c1-66(2)99-100-91(89-61-79-43-49-83(55-81(79)63-97(89)104-100)102(93-51-45-75(67-27-11-3-12-28-67)57-85(93)71-35-19-7-20-36-71)94-52-46-76(68-29-13-4-14-30-68)58-86(94)72-37-21-8-22-38-72)65-92-90-62-80-44-50-84(56-82(80)64-98(90)105-101(92)99)103(95-53-47-77(69-31-15-5-16-32-69)59-87(95)73-39-23-9-24-40-73)96-54-48-78(70-33-17-6-18-34-70)60-88(96)74-41-25-10-26-42-74/h3-66H,1-2H3. The molecule has 0 N–H and O–H groups in total. The molecule has 496 valence electrons. The number of benzene rings is 17. The second-order valence-corrected chi connectivity index (χ2v) is 27.7. The van der Waals surface area contributed by atoms with Crippen LogP contribution in [0.15, 0.2) is 391 Å². The van der Waals surface area contributed by atoms with Gasteiger partial charge in [-0.2, -0.15) is 0 Å². The average molecular weight is 1340 g/mol. The van der Waals surface area contributed by atoms with Crippen LogP contribution >= 0.6 is 0 Å². The number of nitrogens with zero attached hydrogens (tertiary/aromatic N) is 2. The molecule has 2 aromatic heterocycles. The van der Waals surface area contributed by atoms with Crippen molar-refractivity contribution in [1.29, 1.82) is 0 Å². The predicted octanol–water partition coefficient (Wildman–Crippen LogP) is 29.2. The van der Waals surface area contributed by atoms with E-state index in [0.717, 1.165) is 194 Å². The SMILES string of the molecule is CC(C)c1c2oc3cc4cc(N(c5ccc(-c6ccccc6)cc5-c5ccccc5)c5ccc(-c6ccccc6)cc5-c5ccccc5)ccc4cc3c2cc2c1oc1cc3cc(N(c4ccc(-c5ccccc5)cc4-c4ccccc4)c4ccc(-c5ccccc5)cc4-c4ccccc4)ccc3cc12. The maximum absolute atomic E-state index is 7.26. The molecule has 17 aromatic carbocycles. The van der Waals surface area contributed by atoms with Crippen LogP contribution in [0.5, 0.6) is 0 Å². The molecule has 0 saturated carbocycles. The van der Waals surface area contributed by atoms with Gasteiger partial charge in [0.15, 0.2) is 0 Å². The van der Waals surface area contributed by atoms with Gasteiger partial charge in [-0.05, 0) is 197 Å². The summed E-state index contributed by atoms with van der Waals surface area (Å²) >= 11 is 0. The Kier molecular flexibility index (Phi) is 15.7. The molecule has 4 heteroatoms. The molecule has 19 aromatic rings. The Morgan fingerprint density at radius 1 is 0.210 bits per heavy atom. The second kappa shape index (κ2) is 26.4. The molecular formula is C101H70N2O2. The minimum absolute atomic E-state index is 0.0693. The van der Waals surface area contributed by atoms with Crippen molar-refractivity contribution < 1.29 is 8.83 Å². The molecule has 0 amide bonds. The van der Waals surface area contributed by atoms with Crippen LogP contribution in [-0.4, -0.2) is 0 Å². The lowest BCUT2D eigenvalue weighted by Gasteiger charge is -2.31. The van der Waals surface area contributed by atoms with Gasteiger partial charge >= 0.3 is 0 Å². The van der Waals surface area contributed by atoms with Gasteiger partial charge in [0.1, 0.15) is 22.3 Å². The van der Waals surface area contributed by atoms with Crippen molar-refractivity contribution in [1.82, 2.24) is 0 Å². The molecule has 19 rings (SSSR count). The van der Waals surface area contributed by atoms with E-state index in [1.54, 1.807) is 0 Å². The minimum Gasteiger partial charge on any atom is -0.456 e. The Morgan fingerprint density at radius 2 is 0.476 bits per heavy atom. The second-order valence-electron chi connectivity index (χ2n) is 27.7. The van der Waals surface area contributed by atoms with Gasteiger partial charge in [-0.3, -0.25) is 0 Å². The van der Waals surface area contributed by atoms with E-state index in [1.165, 1.54) is 0 Å². The molecule has 0 aliphatic heterocycles. The fourth-order valence-electron chi connectivity index (χ4n) is 15.8. The van der Waals surface area contributed by atoms with Crippen LogP contribution in [0.25, 0.3) is 154 Å². The summed E-state index contributed by atoms with van der Waals surface area (Å²) in [5, 5.41) is 8.64. The van der Waals surface area contributed by atoms with Gasteiger partial charge < -0.3 is 18.6 Å². The zero-order valence-corrected chi connectivity index (χ0v) is 58.2. The largest absolute Gasteiger partial charge is 0.456 e. The summed E-state index contributed by atoms with van der Waals surface area (Å²) in [5.41, 5.74) is 29.0. The first-order chi connectivity index (χ1) is 51.9. The molecular weight excluding hydrogens is 1270 g/mol. The third-order valence-corrected chi connectivity index (χ3v) is 20.9. The third-order valence-electron chi connectivity index (χ3n) is 20.9. The highest BCUT2D eigenvalue weighted by Gasteiger charge is 2.28. The van der Waals surface area contributed by atoms with Crippen LogP contribution in [0.4, 0.5) is 34.1 Å². The van der Waals surface area contributed by atoms with Crippen LogP contribution in [0.3, 0.4) is 0 Å². The quantitative estimate of drug-likeness (QED) is 0.102. The monoisotopic (exact) mass is 1340 g/mol. The van der Waals surface area contributed by atoms with Crippen molar-refractivity contribution >= 4 is 99.5 Å². The molecule has 2 heterocycles. The van der Waals surface area contributed by atoms with Crippen molar-refractivity contribution in [2.24, 2.45) is 0 Å². The normalized spacial score (nSPS) is 11.6. The van der Waals surface area contributed by atoms with Crippen molar-refractivity contribution in [2.75, 3.05) is 9.80 Å². The highest BCUT2D eigenvalue weighted by Crippen LogP contribution is 2.52. The summed E-state index contributed by atoms with van der Waals surface area (Å²) in [4.78, 5) is 4.93. The van der Waals surface area contributed by atoms with Crippen molar-refractivity contribution in [3.05, 3.63) is 388 Å². The summed E-state index contributed by atoms with van der Waals surface area (Å²) in [6, 6.07) is 139. The number of anilines is 6. The maximum Gasteiger partial charge on any atom is 0.142 e. The van der Waals surface area contributed by atoms with E-state index in [1.807, 2.05) is 0 Å². The van der Waals surface area contributed by atoms with E-state index in [0.29, 0.717) is 0 Å². The van der Waals surface area contributed by atoms with Gasteiger partial charge in [-0.15, -0.1) is 0 Å². The zero-order chi connectivity index (χ0) is 69.9. The summed E-state index contributed by atoms with van der Waals surface area (Å²) in [7, 11) is 0. The Hall–Kier alpha value is -13.5. The lowest BCUT2D eigenvalue weighted by Crippen LogP contribution is -2.13. The average Bonchev–Trinajstić information content (AvgIpc) is 1.52. The predicted molar refractivity (Wildman–Crippen MR) is 443 cm³/mol. The van der Waals surface area contributed by atoms with Crippen LogP contribution < -0.4 is 9.80 Å². The lowest BCUT2D eigenvalue weighted by atomic mass is 9.93. The number of fused-ring (bicyclic) bond motifs is 8. The Labute approximate surface area is 610 Å². The fraction of sp³-hybridized carbons (Fsp3) is 0.0297. The molecule has 0 aliphatic carbocycles. The highest BCUT2D eigenvalue weighted by molar-refractivity contribution is 6.20. The molecule has 0 aliphatic rings. The van der Waals surface area contributed by atoms with Gasteiger partial charge in [0.25, 0.3) is 0 Å². The molecule has 0 atom stereocenters. The van der Waals surface area contributed by atoms with E-state index < -0.39 is 0 Å². The number of furan rings is 2. The molecule has 0 radical (unpaired) electrons. The molecule has 0 fully saturated rings. The topological polar surface area (TPSA) is 32.8 Å². The van der Waals surface area contributed by atoms with Gasteiger partial charge in [-0.1, -0.05) is 293 Å². The molecule has 0 spiro atoms. The third kappa shape index (κ3) is 11.5. The fourth-order valence-corrected chi connectivity index (χ4v) is 15.8. The van der Waals surface area contributed by atoms with E-state index in [-0.39, 0.29) is 5.92 Å². The van der Waals surface area contributed by atoms with Crippen LogP contribution in [0.2, 0.25) is 0 Å². The van der Waals surface area contributed by atoms with E-state index >= 15 is 0 Å². The Morgan fingerprint density at radius 3 is 0.743 bits per heavy atom. The molecule has 0 saturated heterocycles. The van der Waals surface area contributed by atoms with Gasteiger partial charge in [0.05, 0.1) is 22.7 Å². The van der Waals surface area contributed by atoms with Gasteiger partial charge in [-0.25, -0.2) is 0 Å². The van der Waals surface area contributed by atoms with Crippen molar-refractivity contribution in [3.8, 4) is 89.0 Å². The zero-order valence-electron chi connectivity index (χ0n) is 58.2. The summed E-state index contributed by atoms with van der Waals surface area (Å²) < 4.78 is 14.5. The first-order valence-corrected chi connectivity index (χ1v) is 36.2. The van der Waals surface area contributed by atoms with Crippen LogP contribution in [0.1, 0.15) is 25.3 Å². The van der Waals surface area contributed by atoms with Crippen LogP contribution in [-0.2, 0) is 0 Å². The van der Waals surface area contributed by atoms with Crippen molar-refractivity contribution in [2.45, 2.75) is 19.8 Å². The van der Waals surface area contributed by atoms with Crippen molar-refractivity contribution in [3.63, 3.8) is 0 Å². The maximum atomic E-state index is 7.26. The van der Waals surface area contributed by atoms with E-state index in [9.17, 15) is 0 Å². The smallest absolute Gasteiger partial charge is 0.142 e.